The topological polar surface area (TPSA) is 78.0 Å². The van der Waals surface area contributed by atoms with Crippen molar-refractivity contribution in [2.24, 2.45) is 5.92 Å². The van der Waals surface area contributed by atoms with Crippen molar-refractivity contribution in [2.45, 2.75) is 52.1 Å². The van der Waals surface area contributed by atoms with Gasteiger partial charge in [-0.1, -0.05) is 13.8 Å². The fraction of sp³-hybridized carbons (Fsp3) is 0.625. The molecule has 6 heteroatoms. The molecular formula is C16H23N3O2S. The van der Waals surface area contributed by atoms with Gasteiger partial charge >= 0.3 is 0 Å². The number of H-pyrrole nitrogens is 1. The Morgan fingerprint density at radius 2 is 2.36 bits per heavy atom. The third-order valence-corrected chi connectivity index (χ3v) is 5.63. The predicted molar refractivity (Wildman–Crippen MR) is 89.4 cm³/mol. The standard InChI is InChI=1S/C16H23N3O2S/c1-3-10(8-20)17-7-13-18-15(21)14-11-5-4-9(2)6-12(11)22-16(14)19-13/h9-10,17,20H,3-8H2,1-2H3,(H,18,19,21). The Labute approximate surface area is 133 Å². The zero-order valence-electron chi connectivity index (χ0n) is 13.1. The maximum atomic E-state index is 12.4. The van der Waals surface area contributed by atoms with Crippen LogP contribution in [0.15, 0.2) is 4.79 Å². The molecule has 5 nitrogen and oxygen atoms in total. The van der Waals surface area contributed by atoms with Crippen LogP contribution >= 0.6 is 11.3 Å². The molecule has 0 saturated carbocycles. The highest BCUT2D eigenvalue weighted by atomic mass is 32.1. The molecule has 0 saturated heterocycles. The van der Waals surface area contributed by atoms with Crippen LogP contribution in [0.2, 0.25) is 0 Å². The molecule has 1 aliphatic carbocycles. The first-order chi connectivity index (χ1) is 10.6. The van der Waals surface area contributed by atoms with Crippen molar-refractivity contribution >= 4 is 21.6 Å². The Morgan fingerprint density at radius 1 is 1.55 bits per heavy atom. The number of aliphatic hydroxyl groups excluding tert-OH is 1. The van der Waals surface area contributed by atoms with E-state index in [9.17, 15) is 9.90 Å². The average Bonchev–Trinajstić information content (AvgIpc) is 2.85. The summed E-state index contributed by atoms with van der Waals surface area (Å²) in [6.45, 7) is 4.85. The molecule has 22 heavy (non-hydrogen) atoms. The third-order valence-electron chi connectivity index (χ3n) is 4.49. The molecule has 2 aromatic heterocycles. The fourth-order valence-electron chi connectivity index (χ4n) is 3.06. The average molecular weight is 321 g/mol. The molecule has 0 radical (unpaired) electrons. The summed E-state index contributed by atoms with van der Waals surface area (Å²) in [4.78, 5) is 22.1. The van der Waals surface area contributed by atoms with Gasteiger partial charge in [0, 0.05) is 10.9 Å². The minimum atomic E-state index is -0.0223. The van der Waals surface area contributed by atoms with Gasteiger partial charge in [-0.3, -0.25) is 4.79 Å². The number of aromatic nitrogens is 2. The van der Waals surface area contributed by atoms with Crippen LogP contribution in [0.25, 0.3) is 10.2 Å². The van der Waals surface area contributed by atoms with E-state index in [1.165, 1.54) is 10.4 Å². The van der Waals surface area contributed by atoms with Gasteiger partial charge < -0.3 is 15.4 Å². The van der Waals surface area contributed by atoms with Crippen molar-refractivity contribution in [1.29, 1.82) is 0 Å². The monoisotopic (exact) mass is 321 g/mol. The van der Waals surface area contributed by atoms with Gasteiger partial charge in [0.15, 0.2) is 0 Å². The van der Waals surface area contributed by atoms with Crippen molar-refractivity contribution < 1.29 is 5.11 Å². The second kappa shape index (κ2) is 6.48. The first-order valence-corrected chi connectivity index (χ1v) is 8.81. The number of fused-ring (bicyclic) bond motifs is 3. The van der Waals surface area contributed by atoms with E-state index >= 15 is 0 Å². The van der Waals surface area contributed by atoms with Crippen molar-refractivity contribution in [3.8, 4) is 0 Å². The molecule has 2 atom stereocenters. The molecule has 0 fully saturated rings. The molecule has 3 N–H and O–H groups in total. The second-order valence-electron chi connectivity index (χ2n) is 6.21. The number of aryl methyl sites for hydroxylation is 1. The van der Waals surface area contributed by atoms with Gasteiger partial charge in [0.25, 0.3) is 5.56 Å². The van der Waals surface area contributed by atoms with E-state index < -0.39 is 0 Å². The maximum absolute atomic E-state index is 12.4. The quantitative estimate of drug-likeness (QED) is 0.787. The lowest BCUT2D eigenvalue weighted by Gasteiger charge is -2.17. The largest absolute Gasteiger partial charge is 0.395 e. The summed E-state index contributed by atoms with van der Waals surface area (Å²) >= 11 is 1.67. The second-order valence-corrected chi connectivity index (χ2v) is 7.30. The molecule has 0 amide bonds. The van der Waals surface area contributed by atoms with Crippen LogP contribution in [0.5, 0.6) is 0 Å². The molecular weight excluding hydrogens is 298 g/mol. The maximum Gasteiger partial charge on any atom is 0.259 e. The van der Waals surface area contributed by atoms with Crippen LogP contribution in [0.3, 0.4) is 0 Å². The molecule has 0 aromatic carbocycles. The molecule has 3 rings (SSSR count). The minimum absolute atomic E-state index is 0.0223. The van der Waals surface area contributed by atoms with Crippen molar-refractivity contribution in [2.75, 3.05) is 6.61 Å². The van der Waals surface area contributed by atoms with E-state index in [-0.39, 0.29) is 18.2 Å². The first kappa shape index (κ1) is 15.6. The molecule has 120 valence electrons. The van der Waals surface area contributed by atoms with E-state index in [1.807, 2.05) is 6.92 Å². The zero-order chi connectivity index (χ0) is 15.7. The lowest BCUT2D eigenvalue weighted by molar-refractivity contribution is 0.237. The Bertz CT molecular complexity index is 718. The number of aliphatic hydroxyl groups is 1. The number of rotatable bonds is 5. The molecule has 1 aliphatic rings. The van der Waals surface area contributed by atoms with Gasteiger partial charge in [0.05, 0.1) is 18.5 Å². The van der Waals surface area contributed by atoms with Gasteiger partial charge in [-0.05, 0) is 37.2 Å². The molecule has 0 aliphatic heterocycles. The van der Waals surface area contributed by atoms with E-state index in [0.717, 1.165) is 35.9 Å². The van der Waals surface area contributed by atoms with Crippen LogP contribution in [-0.4, -0.2) is 27.7 Å². The summed E-state index contributed by atoms with van der Waals surface area (Å²) in [7, 11) is 0. The highest BCUT2D eigenvalue weighted by molar-refractivity contribution is 7.18. The molecule has 2 aromatic rings. The number of hydrogen-bond donors (Lipinski definition) is 3. The number of thiophene rings is 1. The van der Waals surface area contributed by atoms with E-state index in [1.54, 1.807) is 11.3 Å². The molecule has 2 unspecified atom stereocenters. The fourth-order valence-corrected chi connectivity index (χ4v) is 4.46. The Morgan fingerprint density at radius 3 is 3.09 bits per heavy atom. The third kappa shape index (κ3) is 2.95. The van der Waals surface area contributed by atoms with Crippen LogP contribution in [-0.2, 0) is 19.4 Å². The Hall–Kier alpha value is -1.24. The van der Waals surface area contributed by atoms with E-state index in [0.29, 0.717) is 18.3 Å². The summed E-state index contributed by atoms with van der Waals surface area (Å²) in [5, 5.41) is 13.2. The molecule has 2 heterocycles. The number of aromatic amines is 1. The minimum Gasteiger partial charge on any atom is -0.395 e. The van der Waals surface area contributed by atoms with Gasteiger partial charge in [-0.15, -0.1) is 11.3 Å². The summed E-state index contributed by atoms with van der Waals surface area (Å²) < 4.78 is 0. The number of nitrogens with one attached hydrogen (secondary N) is 2. The zero-order valence-corrected chi connectivity index (χ0v) is 13.9. The number of hydrogen-bond acceptors (Lipinski definition) is 5. The molecule has 0 bridgehead atoms. The molecule has 0 spiro atoms. The lowest BCUT2D eigenvalue weighted by atomic mass is 9.89. The summed E-state index contributed by atoms with van der Waals surface area (Å²) in [6, 6.07) is 0.0402. The first-order valence-electron chi connectivity index (χ1n) is 8.00. The number of nitrogens with zero attached hydrogens (tertiary/aromatic N) is 1. The normalized spacial score (nSPS) is 19.3. The van der Waals surface area contributed by atoms with Crippen molar-refractivity contribution in [1.82, 2.24) is 15.3 Å². The summed E-state index contributed by atoms with van der Waals surface area (Å²) in [5.41, 5.74) is 1.19. The Balaban J connectivity index is 1.91. The van der Waals surface area contributed by atoms with Crippen LogP contribution < -0.4 is 10.9 Å². The van der Waals surface area contributed by atoms with Gasteiger partial charge in [0.2, 0.25) is 0 Å². The van der Waals surface area contributed by atoms with Crippen LogP contribution in [0.4, 0.5) is 0 Å². The lowest BCUT2D eigenvalue weighted by Crippen LogP contribution is -2.32. The smallest absolute Gasteiger partial charge is 0.259 e. The SMILES string of the molecule is CCC(CO)NCc1nc2sc3c(c2c(=O)[nH]1)CCC(C)C3. The van der Waals surface area contributed by atoms with E-state index in [4.69, 9.17) is 0 Å². The Kier molecular flexibility index (Phi) is 4.61. The predicted octanol–water partition coefficient (Wildman–Crippen LogP) is 1.97. The highest BCUT2D eigenvalue weighted by Gasteiger charge is 2.23. The van der Waals surface area contributed by atoms with Gasteiger partial charge in [-0.2, -0.15) is 0 Å². The van der Waals surface area contributed by atoms with Crippen molar-refractivity contribution in [3.05, 3.63) is 26.6 Å². The van der Waals surface area contributed by atoms with E-state index in [2.05, 4.69) is 22.2 Å². The summed E-state index contributed by atoms with van der Waals surface area (Å²) in [6.07, 6.45) is 4.04. The highest BCUT2D eigenvalue weighted by Crippen LogP contribution is 2.35. The summed E-state index contributed by atoms with van der Waals surface area (Å²) in [5.74, 6) is 1.34. The van der Waals surface area contributed by atoms with Crippen LogP contribution in [0.1, 0.15) is 43.0 Å². The van der Waals surface area contributed by atoms with Gasteiger partial charge in [-0.25, -0.2) is 4.98 Å². The van der Waals surface area contributed by atoms with Crippen LogP contribution in [0, 0.1) is 5.92 Å². The van der Waals surface area contributed by atoms with Gasteiger partial charge in [0.1, 0.15) is 10.7 Å². The van der Waals surface area contributed by atoms with Crippen molar-refractivity contribution in [3.63, 3.8) is 0 Å².